The number of ether oxygens (including phenoxy) is 3. The van der Waals surface area contributed by atoms with E-state index >= 15 is 0 Å². The molecule has 7 heteroatoms. The first-order valence-corrected chi connectivity index (χ1v) is 11.2. The molecule has 0 bridgehead atoms. The van der Waals surface area contributed by atoms with E-state index in [1.807, 2.05) is 36.4 Å². The predicted molar refractivity (Wildman–Crippen MR) is 138 cm³/mol. The van der Waals surface area contributed by atoms with Crippen molar-refractivity contribution in [2.75, 3.05) is 21.3 Å². The van der Waals surface area contributed by atoms with Crippen molar-refractivity contribution in [1.29, 1.82) is 0 Å². The summed E-state index contributed by atoms with van der Waals surface area (Å²) in [4.78, 5) is 18.0. The van der Waals surface area contributed by atoms with Crippen molar-refractivity contribution in [2.24, 2.45) is 5.10 Å². The number of nitrogens with one attached hydrogen (secondary N) is 1. The lowest BCUT2D eigenvalue weighted by atomic mass is 10.0. The zero-order valence-corrected chi connectivity index (χ0v) is 20.2. The quantitative estimate of drug-likeness (QED) is 0.281. The third-order valence-electron chi connectivity index (χ3n) is 5.72. The molecule has 0 aliphatic heterocycles. The van der Waals surface area contributed by atoms with E-state index in [0.717, 1.165) is 28.6 Å². The molecule has 178 valence electrons. The molecule has 0 atom stereocenters. The lowest BCUT2D eigenvalue weighted by Gasteiger charge is -2.12. The van der Waals surface area contributed by atoms with Crippen LogP contribution in [0.15, 0.2) is 71.8 Å². The van der Waals surface area contributed by atoms with Crippen molar-refractivity contribution in [2.45, 2.75) is 13.3 Å². The Hall–Kier alpha value is -4.39. The number of fused-ring (bicyclic) bond motifs is 1. The minimum atomic E-state index is -0.342. The Kier molecular flexibility index (Phi) is 7.26. The molecule has 1 aromatic heterocycles. The van der Waals surface area contributed by atoms with Crippen LogP contribution in [-0.4, -0.2) is 38.4 Å². The highest BCUT2D eigenvalue weighted by atomic mass is 16.5. The molecule has 0 unspecified atom stereocenters. The van der Waals surface area contributed by atoms with E-state index < -0.39 is 0 Å². The number of rotatable bonds is 8. The highest BCUT2D eigenvalue weighted by molar-refractivity contribution is 6.07. The Labute approximate surface area is 204 Å². The SMILES string of the molecule is CCc1ccc(-c2cc(C(=O)N/N=C\c3cc(OC)c(OC)cc3OC)c3ccccc3n2)cc1. The summed E-state index contributed by atoms with van der Waals surface area (Å²) in [6, 6.07) is 21.0. The van der Waals surface area contributed by atoms with Gasteiger partial charge in [-0.3, -0.25) is 4.79 Å². The maximum atomic E-state index is 13.2. The molecule has 1 amide bonds. The second-order valence-corrected chi connectivity index (χ2v) is 7.77. The highest BCUT2D eigenvalue weighted by Gasteiger charge is 2.14. The van der Waals surface area contributed by atoms with Crippen LogP contribution in [0.2, 0.25) is 0 Å². The molecule has 0 radical (unpaired) electrons. The third kappa shape index (κ3) is 5.09. The molecular weight excluding hydrogens is 442 g/mol. The number of hydrogen-bond donors (Lipinski definition) is 1. The van der Waals surface area contributed by atoms with Gasteiger partial charge in [0, 0.05) is 22.6 Å². The maximum absolute atomic E-state index is 13.2. The predicted octanol–water partition coefficient (Wildman–Crippen LogP) is 5.25. The number of pyridine rings is 1. The molecule has 1 N–H and O–H groups in total. The molecule has 1 heterocycles. The fraction of sp³-hybridized carbons (Fsp3) is 0.179. The number of para-hydroxylation sites is 1. The normalized spacial score (nSPS) is 11.0. The average Bonchev–Trinajstić information content (AvgIpc) is 2.91. The van der Waals surface area contributed by atoms with Gasteiger partial charge in [0.15, 0.2) is 11.5 Å². The minimum Gasteiger partial charge on any atom is -0.496 e. The Morgan fingerprint density at radius 2 is 1.60 bits per heavy atom. The zero-order valence-electron chi connectivity index (χ0n) is 20.2. The fourth-order valence-corrected chi connectivity index (χ4v) is 3.80. The fourth-order valence-electron chi connectivity index (χ4n) is 3.80. The molecular formula is C28H27N3O4. The van der Waals surface area contributed by atoms with Gasteiger partial charge >= 0.3 is 0 Å². The van der Waals surface area contributed by atoms with E-state index in [2.05, 4.69) is 29.6 Å². The van der Waals surface area contributed by atoms with Crippen molar-refractivity contribution in [3.8, 4) is 28.5 Å². The lowest BCUT2D eigenvalue weighted by molar-refractivity contribution is 0.0956. The van der Waals surface area contributed by atoms with Gasteiger partial charge in [0.05, 0.1) is 44.3 Å². The van der Waals surface area contributed by atoms with Gasteiger partial charge in [0.25, 0.3) is 5.91 Å². The molecule has 0 aliphatic carbocycles. The number of hydrogen-bond acceptors (Lipinski definition) is 6. The average molecular weight is 470 g/mol. The highest BCUT2D eigenvalue weighted by Crippen LogP contribution is 2.33. The van der Waals surface area contributed by atoms with Gasteiger partial charge in [-0.2, -0.15) is 5.10 Å². The molecule has 0 spiro atoms. The summed E-state index contributed by atoms with van der Waals surface area (Å²) in [7, 11) is 4.65. The van der Waals surface area contributed by atoms with E-state index in [1.54, 1.807) is 39.5 Å². The molecule has 0 saturated carbocycles. The van der Waals surface area contributed by atoms with E-state index in [1.165, 1.54) is 11.8 Å². The number of methoxy groups -OCH3 is 3. The Bertz CT molecular complexity index is 1380. The first-order valence-electron chi connectivity index (χ1n) is 11.2. The standard InChI is InChI=1S/C28H27N3O4/c1-5-18-10-12-19(13-11-18)24-15-22(21-8-6-7-9-23(21)30-24)28(32)31-29-17-20-14-26(34-3)27(35-4)16-25(20)33-2/h6-17H,5H2,1-4H3,(H,31,32)/b29-17-. The van der Waals surface area contributed by atoms with Crippen molar-refractivity contribution in [3.63, 3.8) is 0 Å². The summed E-state index contributed by atoms with van der Waals surface area (Å²) < 4.78 is 16.1. The third-order valence-corrected chi connectivity index (χ3v) is 5.72. The van der Waals surface area contributed by atoms with Gasteiger partial charge in [-0.1, -0.05) is 49.4 Å². The van der Waals surface area contributed by atoms with Gasteiger partial charge in [0.1, 0.15) is 5.75 Å². The van der Waals surface area contributed by atoms with E-state index in [-0.39, 0.29) is 5.91 Å². The summed E-state index contributed by atoms with van der Waals surface area (Å²) in [6.07, 6.45) is 2.47. The minimum absolute atomic E-state index is 0.342. The van der Waals surface area contributed by atoms with Crippen LogP contribution in [0.3, 0.4) is 0 Å². The van der Waals surface area contributed by atoms with Crippen molar-refractivity contribution in [1.82, 2.24) is 10.4 Å². The topological polar surface area (TPSA) is 82.0 Å². The first kappa shape index (κ1) is 23.8. The molecule has 4 aromatic rings. The number of aryl methyl sites for hydroxylation is 1. The number of benzene rings is 3. The Balaban J connectivity index is 1.65. The van der Waals surface area contributed by atoms with Crippen molar-refractivity contribution < 1.29 is 19.0 Å². The summed E-state index contributed by atoms with van der Waals surface area (Å²) in [5.41, 5.74) is 7.39. The number of aromatic nitrogens is 1. The van der Waals surface area contributed by atoms with Crippen LogP contribution in [0.5, 0.6) is 17.2 Å². The monoisotopic (exact) mass is 469 g/mol. The second kappa shape index (κ2) is 10.7. The number of hydrazone groups is 1. The smallest absolute Gasteiger partial charge is 0.272 e. The van der Waals surface area contributed by atoms with E-state index in [0.29, 0.717) is 28.4 Å². The van der Waals surface area contributed by atoms with E-state index in [9.17, 15) is 4.79 Å². The molecule has 0 fully saturated rings. The van der Waals surface area contributed by atoms with Gasteiger partial charge in [-0.15, -0.1) is 0 Å². The van der Waals surface area contributed by atoms with Crippen LogP contribution in [0.25, 0.3) is 22.2 Å². The maximum Gasteiger partial charge on any atom is 0.272 e. The summed E-state index contributed by atoms with van der Waals surface area (Å²) in [5.74, 6) is 1.26. The Morgan fingerprint density at radius 3 is 2.29 bits per heavy atom. The number of nitrogens with zero attached hydrogens (tertiary/aromatic N) is 2. The summed E-state index contributed by atoms with van der Waals surface area (Å²) in [6.45, 7) is 2.11. The van der Waals surface area contributed by atoms with E-state index in [4.69, 9.17) is 19.2 Å². The van der Waals surface area contributed by atoms with Gasteiger partial charge < -0.3 is 14.2 Å². The van der Waals surface area contributed by atoms with Gasteiger partial charge in [-0.25, -0.2) is 10.4 Å². The molecule has 35 heavy (non-hydrogen) atoms. The molecule has 7 nitrogen and oxygen atoms in total. The van der Waals surface area contributed by atoms with Crippen LogP contribution in [0.4, 0.5) is 0 Å². The first-order chi connectivity index (χ1) is 17.1. The van der Waals surface area contributed by atoms with Crippen molar-refractivity contribution in [3.05, 3.63) is 83.4 Å². The van der Waals surface area contributed by atoms with Gasteiger partial charge in [0.2, 0.25) is 0 Å². The molecule has 4 rings (SSSR count). The summed E-state index contributed by atoms with van der Waals surface area (Å²) in [5, 5.41) is 4.92. The van der Waals surface area contributed by atoms with Crippen molar-refractivity contribution >= 4 is 23.0 Å². The van der Waals surface area contributed by atoms with Crippen LogP contribution >= 0.6 is 0 Å². The largest absolute Gasteiger partial charge is 0.496 e. The Morgan fingerprint density at radius 1 is 0.914 bits per heavy atom. The van der Waals surface area contributed by atoms with Crippen LogP contribution in [0.1, 0.15) is 28.4 Å². The molecule has 0 saturated heterocycles. The van der Waals surface area contributed by atoms with Crippen LogP contribution in [-0.2, 0) is 6.42 Å². The van der Waals surface area contributed by atoms with Gasteiger partial charge in [-0.05, 0) is 30.2 Å². The lowest BCUT2D eigenvalue weighted by Crippen LogP contribution is -2.18. The number of amides is 1. The number of carbonyl (C=O) groups excluding carboxylic acids is 1. The van der Waals surface area contributed by atoms with Crippen LogP contribution in [0, 0.1) is 0 Å². The molecule has 3 aromatic carbocycles. The number of carbonyl (C=O) groups is 1. The zero-order chi connectivity index (χ0) is 24.8. The van der Waals surface area contributed by atoms with Crippen LogP contribution < -0.4 is 19.6 Å². The summed E-state index contributed by atoms with van der Waals surface area (Å²) >= 11 is 0. The second-order valence-electron chi connectivity index (χ2n) is 7.77. The molecule has 0 aliphatic rings.